The van der Waals surface area contributed by atoms with E-state index in [4.69, 9.17) is 4.74 Å². The second kappa shape index (κ2) is 11.0. The van der Waals surface area contributed by atoms with Crippen molar-refractivity contribution < 1.29 is 14.3 Å². The second-order valence-electron chi connectivity index (χ2n) is 5.99. The second-order valence-corrected chi connectivity index (χ2v) is 5.99. The summed E-state index contributed by atoms with van der Waals surface area (Å²) < 4.78 is 4.89. The smallest absolute Gasteiger partial charge is 0.251 e. The summed E-state index contributed by atoms with van der Waals surface area (Å²) in [7, 11) is 1.61. The lowest BCUT2D eigenvalue weighted by atomic mass is 10.0. The number of rotatable bonds is 9. The first-order chi connectivity index (χ1) is 10.9. The van der Waals surface area contributed by atoms with Crippen molar-refractivity contribution in [2.75, 3.05) is 32.1 Å². The van der Waals surface area contributed by atoms with E-state index >= 15 is 0 Å². The van der Waals surface area contributed by atoms with Crippen molar-refractivity contribution in [2.24, 2.45) is 0 Å². The van der Waals surface area contributed by atoms with Crippen LogP contribution in [0.2, 0.25) is 0 Å². The minimum Gasteiger partial charge on any atom is -0.383 e. The molecule has 1 aromatic carbocycles. The van der Waals surface area contributed by atoms with Crippen LogP contribution in [0.1, 0.15) is 37.6 Å². The minimum absolute atomic E-state index is 0. The van der Waals surface area contributed by atoms with Gasteiger partial charge in [0.15, 0.2) is 0 Å². The summed E-state index contributed by atoms with van der Waals surface area (Å²) in [6.45, 7) is 7.39. The summed E-state index contributed by atoms with van der Waals surface area (Å²) in [5, 5.41) is 8.71. The largest absolute Gasteiger partial charge is 0.383 e. The van der Waals surface area contributed by atoms with E-state index in [2.05, 4.69) is 16.0 Å². The lowest BCUT2D eigenvalue weighted by Crippen LogP contribution is -2.42. The van der Waals surface area contributed by atoms with Gasteiger partial charge in [0, 0.05) is 30.4 Å². The third-order valence-electron chi connectivity index (χ3n) is 3.54. The number of nitrogens with one attached hydrogen (secondary N) is 3. The predicted molar refractivity (Wildman–Crippen MR) is 98.9 cm³/mol. The van der Waals surface area contributed by atoms with Crippen LogP contribution in [-0.4, -0.2) is 44.2 Å². The number of ether oxygens (including phenoxy) is 1. The van der Waals surface area contributed by atoms with Crippen molar-refractivity contribution in [1.82, 2.24) is 10.6 Å². The number of carbonyl (C=O) groups excluding carboxylic acids is 2. The molecule has 0 atom stereocenters. The molecule has 0 unspecified atom stereocenters. The van der Waals surface area contributed by atoms with E-state index in [9.17, 15) is 9.59 Å². The van der Waals surface area contributed by atoms with Crippen LogP contribution in [-0.2, 0) is 9.53 Å². The average molecular weight is 358 g/mol. The summed E-state index contributed by atoms with van der Waals surface area (Å²) in [6, 6.07) is 6.85. The van der Waals surface area contributed by atoms with Crippen molar-refractivity contribution in [1.29, 1.82) is 0 Å². The minimum atomic E-state index is -0.238. The summed E-state index contributed by atoms with van der Waals surface area (Å²) >= 11 is 0. The van der Waals surface area contributed by atoms with Gasteiger partial charge < -0.3 is 20.7 Å². The highest BCUT2D eigenvalue weighted by Crippen LogP contribution is 2.12. The maximum Gasteiger partial charge on any atom is 0.251 e. The molecule has 0 aromatic heterocycles. The molecule has 3 N–H and O–H groups in total. The lowest BCUT2D eigenvalue weighted by molar-refractivity contribution is -0.115. The van der Waals surface area contributed by atoms with Gasteiger partial charge in [0.1, 0.15) is 0 Å². The Morgan fingerprint density at radius 3 is 2.33 bits per heavy atom. The number of benzene rings is 1. The van der Waals surface area contributed by atoms with Crippen LogP contribution in [0, 0.1) is 0 Å². The van der Waals surface area contributed by atoms with E-state index in [0.717, 1.165) is 6.42 Å². The molecule has 0 aliphatic heterocycles. The van der Waals surface area contributed by atoms with Crippen molar-refractivity contribution in [2.45, 2.75) is 32.7 Å². The Hall–Kier alpha value is -1.63. The molecule has 0 heterocycles. The topological polar surface area (TPSA) is 79.5 Å². The first-order valence-corrected chi connectivity index (χ1v) is 7.80. The molecule has 0 aliphatic rings. The molecule has 1 rings (SSSR count). The third-order valence-corrected chi connectivity index (χ3v) is 3.54. The van der Waals surface area contributed by atoms with Gasteiger partial charge in [-0.3, -0.25) is 9.59 Å². The molecule has 0 spiro atoms. The number of methoxy groups -OCH3 is 1. The van der Waals surface area contributed by atoms with Gasteiger partial charge in [-0.25, -0.2) is 0 Å². The Balaban J connectivity index is 0.00000529. The quantitative estimate of drug-likeness (QED) is 0.592. The Bertz CT molecular complexity index is 518. The zero-order valence-electron chi connectivity index (χ0n) is 14.8. The number of amides is 2. The molecule has 0 bridgehead atoms. The molecule has 0 radical (unpaired) electrons. The number of anilines is 1. The molecule has 2 amide bonds. The fraction of sp³-hybridized carbons (Fsp3) is 0.529. The van der Waals surface area contributed by atoms with E-state index in [-0.39, 0.29) is 36.3 Å². The van der Waals surface area contributed by atoms with Crippen molar-refractivity contribution in [3.05, 3.63) is 29.8 Å². The van der Waals surface area contributed by atoms with Crippen LogP contribution in [0.4, 0.5) is 5.69 Å². The van der Waals surface area contributed by atoms with E-state index in [1.807, 2.05) is 20.8 Å². The Morgan fingerprint density at radius 1 is 1.17 bits per heavy atom. The maximum atomic E-state index is 12.1. The molecule has 6 nitrogen and oxygen atoms in total. The van der Waals surface area contributed by atoms with Crippen LogP contribution in [0.5, 0.6) is 0 Å². The molecule has 0 fully saturated rings. The highest BCUT2D eigenvalue weighted by molar-refractivity contribution is 5.96. The first kappa shape index (κ1) is 22.4. The van der Waals surface area contributed by atoms with E-state index in [1.54, 1.807) is 31.4 Å². The average Bonchev–Trinajstić information content (AvgIpc) is 2.52. The molecule has 0 aliphatic carbocycles. The fourth-order valence-corrected chi connectivity index (χ4v) is 1.75. The third kappa shape index (κ3) is 8.29. The van der Waals surface area contributed by atoms with E-state index < -0.39 is 0 Å². The molecule has 7 heteroatoms. The Labute approximate surface area is 150 Å². The summed E-state index contributed by atoms with van der Waals surface area (Å²) in [5.41, 5.74) is 0.996. The van der Waals surface area contributed by atoms with Crippen LogP contribution >= 0.6 is 12.4 Å². The Kier molecular flexibility index (Phi) is 10.3. The van der Waals surface area contributed by atoms with Crippen molar-refractivity contribution >= 4 is 29.9 Å². The van der Waals surface area contributed by atoms with Gasteiger partial charge >= 0.3 is 0 Å². The van der Waals surface area contributed by atoms with Crippen LogP contribution in [0.3, 0.4) is 0 Å². The standard InChI is InChI=1S/C17H27N3O3.ClH/c1-5-17(2,3)20-16(22)13-6-8-14(9-7-13)19-15(21)12-18-10-11-23-4;/h6-9,18H,5,10-12H2,1-4H3,(H,19,21)(H,20,22);1H. The Morgan fingerprint density at radius 2 is 1.79 bits per heavy atom. The number of halogens is 1. The monoisotopic (exact) mass is 357 g/mol. The molecule has 0 saturated heterocycles. The van der Waals surface area contributed by atoms with Gasteiger partial charge in [0.25, 0.3) is 5.91 Å². The normalized spacial score (nSPS) is 10.7. The predicted octanol–water partition coefficient (Wildman–Crippen LogP) is 2.20. The first-order valence-electron chi connectivity index (χ1n) is 7.80. The summed E-state index contributed by atoms with van der Waals surface area (Å²) in [5.74, 6) is -0.249. The highest BCUT2D eigenvalue weighted by atomic mass is 35.5. The summed E-state index contributed by atoms with van der Waals surface area (Å²) in [4.78, 5) is 23.9. The molecule has 24 heavy (non-hydrogen) atoms. The van der Waals surface area contributed by atoms with Gasteiger partial charge in [-0.2, -0.15) is 0 Å². The SMILES string of the molecule is CCC(C)(C)NC(=O)c1ccc(NC(=O)CNCCOC)cc1.Cl. The van der Waals surface area contributed by atoms with Gasteiger partial charge in [0.2, 0.25) is 5.91 Å². The van der Waals surface area contributed by atoms with Crippen LogP contribution < -0.4 is 16.0 Å². The van der Waals surface area contributed by atoms with Crippen LogP contribution in [0.15, 0.2) is 24.3 Å². The molecular formula is C17H28ClN3O3. The number of carbonyl (C=O) groups is 2. The zero-order chi connectivity index (χ0) is 17.3. The molecule has 1 aromatic rings. The van der Waals surface area contributed by atoms with Crippen LogP contribution in [0.25, 0.3) is 0 Å². The zero-order valence-corrected chi connectivity index (χ0v) is 15.6. The number of hydrogen-bond donors (Lipinski definition) is 3. The molecule has 136 valence electrons. The van der Waals surface area contributed by atoms with Crippen molar-refractivity contribution in [3.8, 4) is 0 Å². The van der Waals surface area contributed by atoms with Gasteiger partial charge in [0.05, 0.1) is 13.2 Å². The highest BCUT2D eigenvalue weighted by Gasteiger charge is 2.18. The van der Waals surface area contributed by atoms with Gasteiger partial charge in [-0.1, -0.05) is 6.92 Å². The fourth-order valence-electron chi connectivity index (χ4n) is 1.75. The van der Waals surface area contributed by atoms with Gasteiger partial charge in [-0.15, -0.1) is 12.4 Å². The maximum absolute atomic E-state index is 12.1. The van der Waals surface area contributed by atoms with E-state index in [1.165, 1.54) is 0 Å². The molecular weight excluding hydrogens is 330 g/mol. The van der Waals surface area contributed by atoms with E-state index in [0.29, 0.717) is 24.4 Å². The van der Waals surface area contributed by atoms with Crippen molar-refractivity contribution in [3.63, 3.8) is 0 Å². The molecule has 0 saturated carbocycles. The van der Waals surface area contributed by atoms with Gasteiger partial charge in [-0.05, 0) is 44.5 Å². The lowest BCUT2D eigenvalue weighted by Gasteiger charge is -2.24. The summed E-state index contributed by atoms with van der Waals surface area (Å²) in [6.07, 6.45) is 0.850. The number of hydrogen-bond acceptors (Lipinski definition) is 4.